The lowest BCUT2D eigenvalue weighted by molar-refractivity contribution is -1.00. The van der Waals surface area contributed by atoms with Crippen molar-refractivity contribution in [1.29, 1.82) is 0 Å². The van der Waals surface area contributed by atoms with Crippen LogP contribution in [0.5, 0.6) is 0 Å². The fraction of sp³-hybridized carbons (Fsp3) is 0.409. The first-order valence-electron chi connectivity index (χ1n) is 9.97. The molecule has 0 saturated carbocycles. The van der Waals surface area contributed by atoms with Crippen LogP contribution < -0.4 is 15.1 Å². The highest BCUT2D eigenvalue weighted by Gasteiger charge is 2.21. The van der Waals surface area contributed by atoms with Crippen LogP contribution in [0.1, 0.15) is 22.5 Å². The summed E-state index contributed by atoms with van der Waals surface area (Å²) in [6.07, 6.45) is 1.00. The third-order valence-electron chi connectivity index (χ3n) is 5.84. The van der Waals surface area contributed by atoms with Crippen molar-refractivity contribution >= 4 is 27.6 Å². The maximum Gasteiger partial charge on any atom is 0.287 e. The molecule has 27 heavy (non-hydrogen) atoms. The fourth-order valence-corrected chi connectivity index (χ4v) is 4.07. The van der Waals surface area contributed by atoms with Crippen molar-refractivity contribution in [3.63, 3.8) is 0 Å². The number of quaternary nitrogens is 2. The minimum atomic E-state index is -0.106. The topological polar surface area (TPSA) is 51.1 Å². The van der Waals surface area contributed by atoms with Crippen molar-refractivity contribution in [1.82, 2.24) is 5.32 Å². The number of aryl methyl sites for hydroxylation is 1. The Balaban J connectivity index is 1.40. The van der Waals surface area contributed by atoms with Crippen molar-refractivity contribution in [2.75, 3.05) is 46.3 Å². The number of piperazine rings is 1. The summed E-state index contributed by atoms with van der Waals surface area (Å²) in [4.78, 5) is 15.9. The van der Waals surface area contributed by atoms with Crippen LogP contribution in [0.4, 0.5) is 0 Å². The van der Waals surface area contributed by atoms with Crippen LogP contribution in [-0.4, -0.2) is 52.2 Å². The van der Waals surface area contributed by atoms with Gasteiger partial charge in [0.05, 0.1) is 13.6 Å². The second-order valence-electron chi connectivity index (χ2n) is 7.79. The summed E-state index contributed by atoms with van der Waals surface area (Å²) in [5.41, 5.74) is 1.72. The van der Waals surface area contributed by atoms with Crippen LogP contribution >= 0.6 is 0 Å². The molecule has 3 N–H and O–H groups in total. The number of hydrogen-bond donors (Lipinski definition) is 3. The normalized spacial score (nSPS) is 20.2. The molecule has 3 aromatic rings. The summed E-state index contributed by atoms with van der Waals surface area (Å²) in [6.45, 7) is 8.73. The maximum absolute atomic E-state index is 12.7. The van der Waals surface area contributed by atoms with Gasteiger partial charge in [-0.05, 0) is 12.3 Å². The van der Waals surface area contributed by atoms with Crippen LogP contribution in [0.2, 0.25) is 0 Å². The summed E-state index contributed by atoms with van der Waals surface area (Å²) in [5.74, 6) is 0.336. The summed E-state index contributed by atoms with van der Waals surface area (Å²) in [5, 5.41) is 6.24. The molecule has 1 aliphatic rings. The molecule has 0 atom stereocenters. The largest absolute Gasteiger partial charge is 0.450 e. The number of amides is 1. The number of rotatable bonds is 5. The summed E-state index contributed by atoms with van der Waals surface area (Å²) < 4.78 is 6.01. The lowest BCUT2D eigenvalue weighted by atomic mass is 10.1. The van der Waals surface area contributed by atoms with Crippen molar-refractivity contribution in [2.24, 2.45) is 0 Å². The van der Waals surface area contributed by atoms with E-state index in [-0.39, 0.29) is 5.91 Å². The fourth-order valence-electron chi connectivity index (χ4n) is 4.07. The molecule has 5 nitrogen and oxygen atoms in total. The van der Waals surface area contributed by atoms with Crippen LogP contribution in [-0.2, 0) is 0 Å². The minimum absolute atomic E-state index is 0.106. The minimum Gasteiger partial charge on any atom is -0.450 e. The van der Waals surface area contributed by atoms with Gasteiger partial charge < -0.3 is 19.5 Å². The van der Waals surface area contributed by atoms with E-state index in [0.717, 1.165) is 40.3 Å². The van der Waals surface area contributed by atoms with E-state index in [9.17, 15) is 4.79 Å². The molecular formula is C22H29N3O2+2. The Morgan fingerprint density at radius 1 is 1.07 bits per heavy atom. The summed E-state index contributed by atoms with van der Waals surface area (Å²) in [7, 11) is 2.26. The molecule has 0 radical (unpaired) electrons. The Kier molecular flexibility index (Phi) is 5.14. The van der Waals surface area contributed by atoms with Crippen molar-refractivity contribution < 1.29 is 19.0 Å². The van der Waals surface area contributed by atoms with E-state index in [4.69, 9.17) is 4.42 Å². The molecule has 1 aliphatic heterocycles. The number of furan rings is 1. The Bertz CT molecular complexity index is 955. The molecule has 1 amide bonds. The second kappa shape index (κ2) is 7.71. The molecule has 5 heteroatoms. The first-order chi connectivity index (χ1) is 13.1. The first kappa shape index (κ1) is 18.0. The van der Waals surface area contributed by atoms with E-state index in [1.165, 1.54) is 26.2 Å². The zero-order valence-corrected chi connectivity index (χ0v) is 16.2. The molecule has 0 bridgehead atoms. The second-order valence-corrected chi connectivity index (χ2v) is 7.79. The summed E-state index contributed by atoms with van der Waals surface area (Å²) >= 11 is 0. The average molecular weight is 367 g/mol. The van der Waals surface area contributed by atoms with Crippen LogP contribution in [0.15, 0.2) is 40.8 Å². The Labute approximate surface area is 159 Å². The van der Waals surface area contributed by atoms with Gasteiger partial charge in [-0.25, -0.2) is 0 Å². The quantitative estimate of drug-likeness (QED) is 0.573. The Morgan fingerprint density at radius 2 is 1.85 bits per heavy atom. The molecule has 1 aromatic heterocycles. The lowest BCUT2D eigenvalue weighted by Gasteiger charge is -2.27. The van der Waals surface area contributed by atoms with E-state index < -0.39 is 0 Å². The molecule has 4 rings (SSSR count). The van der Waals surface area contributed by atoms with Gasteiger partial charge in [0.15, 0.2) is 5.76 Å². The standard InChI is InChI=1S/C22H27N3O2/c1-16-18-9-8-17-6-3-4-7-19(17)21(18)27-20(16)22(26)23-10-5-11-25-14-12-24(2)13-15-25/h3-4,6-9H,5,10-15H2,1-2H3,(H,23,26)/p+2. The Hall–Kier alpha value is -2.37. The number of nitrogens with one attached hydrogen (secondary N) is 3. The SMILES string of the molecule is Cc1c(C(=O)NCCC[NH+]2CC[NH+](C)CC2)oc2c1ccc1ccccc12. The van der Waals surface area contributed by atoms with Gasteiger partial charge in [0.1, 0.15) is 31.8 Å². The molecule has 1 saturated heterocycles. The van der Waals surface area contributed by atoms with Crippen molar-refractivity contribution in [3.8, 4) is 0 Å². The van der Waals surface area contributed by atoms with Gasteiger partial charge in [-0.1, -0.05) is 36.4 Å². The number of benzene rings is 2. The van der Waals surface area contributed by atoms with Gasteiger partial charge in [0, 0.05) is 29.3 Å². The molecule has 2 heterocycles. The summed E-state index contributed by atoms with van der Waals surface area (Å²) in [6, 6.07) is 12.3. The molecule has 142 valence electrons. The predicted octanol–water partition coefficient (Wildman–Crippen LogP) is 0.428. The number of likely N-dealkylation sites (N-methyl/N-ethyl adjacent to an activating group) is 1. The highest BCUT2D eigenvalue weighted by Crippen LogP contribution is 2.31. The van der Waals surface area contributed by atoms with E-state index in [0.29, 0.717) is 12.3 Å². The smallest absolute Gasteiger partial charge is 0.287 e. The highest BCUT2D eigenvalue weighted by molar-refractivity contribution is 6.08. The number of fused-ring (bicyclic) bond motifs is 3. The van der Waals surface area contributed by atoms with Crippen molar-refractivity contribution in [3.05, 3.63) is 47.7 Å². The zero-order valence-electron chi connectivity index (χ0n) is 16.2. The van der Waals surface area contributed by atoms with Crippen LogP contribution in [0, 0.1) is 6.92 Å². The molecule has 1 fully saturated rings. The highest BCUT2D eigenvalue weighted by atomic mass is 16.3. The third-order valence-corrected chi connectivity index (χ3v) is 5.84. The first-order valence-corrected chi connectivity index (χ1v) is 9.97. The van der Waals surface area contributed by atoms with Gasteiger partial charge in [-0.15, -0.1) is 0 Å². The maximum atomic E-state index is 12.7. The van der Waals surface area contributed by atoms with E-state index in [1.54, 1.807) is 9.80 Å². The molecule has 0 spiro atoms. The molecule has 2 aromatic carbocycles. The third kappa shape index (κ3) is 3.70. The van der Waals surface area contributed by atoms with Gasteiger partial charge in [-0.2, -0.15) is 0 Å². The molecule has 0 aliphatic carbocycles. The van der Waals surface area contributed by atoms with Gasteiger partial charge in [0.2, 0.25) is 0 Å². The number of carbonyl (C=O) groups is 1. The number of carbonyl (C=O) groups excluding carboxylic acids is 1. The van der Waals surface area contributed by atoms with Gasteiger partial charge in [-0.3, -0.25) is 4.79 Å². The average Bonchev–Trinajstić information content (AvgIpc) is 3.04. The van der Waals surface area contributed by atoms with E-state index >= 15 is 0 Å². The van der Waals surface area contributed by atoms with Crippen LogP contribution in [0.25, 0.3) is 21.7 Å². The molecule has 0 unspecified atom stereocenters. The van der Waals surface area contributed by atoms with Crippen molar-refractivity contribution in [2.45, 2.75) is 13.3 Å². The number of hydrogen-bond acceptors (Lipinski definition) is 2. The van der Waals surface area contributed by atoms with Crippen LogP contribution in [0.3, 0.4) is 0 Å². The predicted molar refractivity (Wildman–Crippen MR) is 108 cm³/mol. The molecular weight excluding hydrogens is 338 g/mol. The zero-order chi connectivity index (χ0) is 18.8. The van der Waals surface area contributed by atoms with Gasteiger partial charge in [0.25, 0.3) is 5.91 Å². The monoisotopic (exact) mass is 367 g/mol. The Morgan fingerprint density at radius 3 is 2.67 bits per heavy atom. The van der Waals surface area contributed by atoms with E-state index in [2.05, 4.69) is 24.5 Å². The lowest BCUT2D eigenvalue weighted by Crippen LogP contribution is -3.27. The van der Waals surface area contributed by atoms with Gasteiger partial charge >= 0.3 is 0 Å². The van der Waals surface area contributed by atoms with E-state index in [1.807, 2.05) is 31.2 Å².